The predicted octanol–water partition coefficient (Wildman–Crippen LogP) is 3.15. The van der Waals surface area contributed by atoms with Gasteiger partial charge in [0, 0.05) is 29.2 Å². The Kier molecular flexibility index (Phi) is 3.47. The number of carbonyl (C=O) groups is 2. The van der Waals surface area contributed by atoms with E-state index < -0.39 is 11.7 Å². The van der Waals surface area contributed by atoms with Crippen LogP contribution in [-0.4, -0.2) is 24.2 Å². The lowest BCUT2D eigenvalue weighted by atomic mass is 10.1. The number of fused-ring (bicyclic) bond motifs is 1. The normalized spacial score (nSPS) is 10.6. The van der Waals surface area contributed by atoms with Gasteiger partial charge in [-0.05, 0) is 48.0 Å². The molecule has 1 amide bonds. The Balaban J connectivity index is 2.11. The number of aromatic nitrogens is 1. The number of hydrogen-bond acceptors (Lipinski definition) is 2. The number of rotatable bonds is 3. The molecule has 0 radical (unpaired) electrons. The van der Waals surface area contributed by atoms with Gasteiger partial charge < -0.3 is 10.3 Å². The molecule has 0 saturated heterocycles. The van der Waals surface area contributed by atoms with Crippen molar-refractivity contribution in [1.29, 1.82) is 0 Å². The zero-order valence-corrected chi connectivity index (χ0v) is 11.8. The van der Waals surface area contributed by atoms with Crippen LogP contribution < -0.4 is 5.32 Å². The molecule has 0 aliphatic heterocycles. The minimum atomic E-state index is -0.567. The fourth-order valence-corrected chi connectivity index (χ4v) is 2.38. The SMILES string of the molecule is CNC(=O)c1cc(-c2cc3cc(C=O)ccc3[nH]2)ccc1F. The summed E-state index contributed by atoms with van der Waals surface area (Å²) in [7, 11) is 1.46. The van der Waals surface area contributed by atoms with Crippen LogP contribution in [0.3, 0.4) is 0 Å². The molecule has 0 spiro atoms. The Morgan fingerprint density at radius 3 is 2.73 bits per heavy atom. The summed E-state index contributed by atoms with van der Waals surface area (Å²) in [5.74, 6) is -1.04. The van der Waals surface area contributed by atoms with Crippen LogP contribution in [0.2, 0.25) is 0 Å². The van der Waals surface area contributed by atoms with E-state index >= 15 is 0 Å². The van der Waals surface area contributed by atoms with E-state index in [2.05, 4.69) is 10.3 Å². The average Bonchev–Trinajstić information content (AvgIpc) is 2.97. The van der Waals surface area contributed by atoms with Gasteiger partial charge in [-0.15, -0.1) is 0 Å². The third-order valence-electron chi connectivity index (χ3n) is 3.53. The van der Waals surface area contributed by atoms with Crippen LogP contribution in [0, 0.1) is 5.82 Å². The summed E-state index contributed by atoms with van der Waals surface area (Å²) in [6.45, 7) is 0. The molecule has 110 valence electrons. The second-order valence-electron chi connectivity index (χ2n) is 4.92. The minimum Gasteiger partial charge on any atom is -0.355 e. The highest BCUT2D eigenvalue weighted by atomic mass is 19.1. The van der Waals surface area contributed by atoms with Crippen molar-refractivity contribution in [2.45, 2.75) is 0 Å². The zero-order valence-electron chi connectivity index (χ0n) is 11.8. The number of carbonyl (C=O) groups excluding carboxylic acids is 2. The monoisotopic (exact) mass is 296 g/mol. The standard InChI is InChI=1S/C17H13FN2O2/c1-19-17(22)13-7-11(3-4-14(13)18)16-8-12-6-10(9-21)2-5-15(12)20-16/h2-9,20H,1H3,(H,19,22). The molecule has 2 N–H and O–H groups in total. The van der Waals surface area contributed by atoms with Crippen molar-refractivity contribution in [2.75, 3.05) is 7.05 Å². The fourth-order valence-electron chi connectivity index (χ4n) is 2.38. The number of nitrogens with one attached hydrogen (secondary N) is 2. The maximum absolute atomic E-state index is 13.7. The van der Waals surface area contributed by atoms with Crippen LogP contribution in [0.25, 0.3) is 22.2 Å². The highest BCUT2D eigenvalue weighted by Crippen LogP contribution is 2.26. The topological polar surface area (TPSA) is 62.0 Å². The molecule has 0 aliphatic rings. The number of hydrogen-bond donors (Lipinski definition) is 2. The molecule has 5 heteroatoms. The summed E-state index contributed by atoms with van der Waals surface area (Å²) in [4.78, 5) is 25.7. The van der Waals surface area contributed by atoms with Gasteiger partial charge >= 0.3 is 0 Å². The molecule has 3 aromatic rings. The van der Waals surface area contributed by atoms with Crippen LogP contribution in [0.4, 0.5) is 4.39 Å². The lowest BCUT2D eigenvalue weighted by molar-refractivity contribution is 0.0959. The summed E-state index contributed by atoms with van der Waals surface area (Å²) in [5.41, 5.74) is 2.90. The zero-order chi connectivity index (χ0) is 15.7. The van der Waals surface area contributed by atoms with Gasteiger partial charge in [-0.25, -0.2) is 4.39 Å². The minimum absolute atomic E-state index is 0.00719. The van der Waals surface area contributed by atoms with E-state index in [1.807, 2.05) is 12.1 Å². The maximum Gasteiger partial charge on any atom is 0.254 e. The molecule has 0 bridgehead atoms. The Morgan fingerprint density at radius 2 is 2.00 bits per heavy atom. The van der Waals surface area contributed by atoms with Crippen molar-refractivity contribution >= 4 is 23.1 Å². The van der Waals surface area contributed by atoms with Crippen LogP contribution in [0.1, 0.15) is 20.7 Å². The van der Waals surface area contributed by atoms with Crippen LogP contribution in [0.15, 0.2) is 42.5 Å². The van der Waals surface area contributed by atoms with Crippen molar-refractivity contribution in [3.63, 3.8) is 0 Å². The number of amides is 1. The average molecular weight is 296 g/mol. The Bertz CT molecular complexity index is 883. The van der Waals surface area contributed by atoms with Gasteiger partial charge in [0.2, 0.25) is 0 Å². The number of aromatic amines is 1. The molecule has 0 unspecified atom stereocenters. The number of halogens is 1. The second-order valence-corrected chi connectivity index (χ2v) is 4.92. The highest BCUT2D eigenvalue weighted by molar-refractivity contribution is 5.96. The fraction of sp³-hybridized carbons (Fsp3) is 0.0588. The van der Waals surface area contributed by atoms with Crippen LogP contribution in [-0.2, 0) is 0 Å². The summed E-state index contributed by atoms with van der Waals surface area (Å²) in [6.07, 6.45) is 0.785. The molecule has 0 saturated carbocycles. The highest BCUT2D eigenvalue weighted by Gasteiger charge is 2.12. The van der Waals surface area contributed by atoms with E-state index in [9.17, 15) is 14.0 Å². The first-order chi connectivity index (χ1) is 10.6. The number of benzene rings is 2. The van der Waals surface area contributed by atoms with Gasteiger partial charge in [0.25, 0.3) is 5.91 Å². The van der Waals surface area contributed by atoms with E-state index in [1.54, 1.807) is 18.2 Å². The van der Waals surface area contributed by atoms with Gasteiger partial charge in [-0.1, -0.05) is 0 Å². The van der Waals surface area contributed by atoms with E-state index in [0.717, 1.165) is 22.9 Å². The van der Waals surface area contributed by atoms with Crippen molar-refractivity contribution in [3.05, 3.63) is 59.4 Å². The van der Waals surface area contributed by atoms with E-state index in [4.69, 9.17) is 0 Å². The first-order valence-electron chi connectivity index (χ1n) is 6.72. The van der Waals surface area contributed by atoms with Crippen molar-refractivity contribution in [3.8, 4) is 11.3 Å². The molecular weight excluding hydrogens is 283 g/mol. The largest absolute Gasteiger partial charge is 0.355 e. The summed E-state index contributed by atoms with van der Waals surface area (Å²) in [5, 5.41) is 3.29. The summed E-state index contributed by atoms with van der Waals surface area (Å²) >= 11 is 0. The van der Waals surface area contributed by atoms with Gasteiger partial charge in [0.1, 0.15) is 12.1 Å². The van der Waals surface area contributed by atoms with E-state index in [1.165, 1.54) is 19.2 Å². The summed E-state index contributed by atoms with van der Waals surface area (Å²) < 4.78 is 13.7. The molecule has 4 nitrogen and oxygen atoms in total. The van der Waals surface area contributed by atoms with Gasteiger partial charge in [-0.3, -0.25) is 9.59 Å². The molecule has 22 heavy (non-hydrogen) atoms. The van der Waals surface area contributed by atoms with Crippen molar-refractivity contribution in [1.82, 2.24) is 10.3 Å². The molecule has 2 aromatic carbocycles. The van der Waals surface area contributed by atoms with E-state index in [-0.39, 0.29) is 5.56 Å². The molecule has 0 atom stereocenters. The van der Waals surface area contributed by atoms with Crippen LogP contribution in [0.5, 0.6) is 0 Å². The first-order valence-corrected chi connectivity index (χ1v) is 6.72. The Morgan fingerprint density at radius 1 is 1.18 bits per heavy atom. The third kappa shape index (κ3) is 2.37. The summed E-state index contributed by atoms with van der Waals surface area (Å²) in [6, 6.07) is 11.5. The Hall–Kier alpha value is -2.95. The van der Waals surface area contributed by atoms with Gasteiger partial charge in [0.05, 0.1) is 5.56 Å². The molecule has 0 fully saturated rings. The lowest BCUT2D eigenvalue weighted by Gasteiger charge is -2.04. The first kappa shape index (κ1) is 14.0. The van der Waals surface area contributed by atoms with Crippen molar-refractivity contribution in [2.24, 2.45) is 0 Å². The van der Waals surface area contributed by atoms with Gasteiger partial charge in [0.15, 0.2) is 0 Å². The third-order valence-corrected chi connectivity index (χ3v) is 3.53. The predicted molar refractivity (Wildman–Crippen MR) is 82.5 cm³/mol. The number of aldehydes is 1. The Labute approximate surface area is 126 Å². The molecule has 1 aromatic heterocycles. The molecule has 0 aliphatic carbocycles. The lowest BCUT2D eigenvalue weighted by Crippen LogP contribution is -2.19. The quantitative estimate of drug-likeness (QED) is 0.729. The molecule has 3 rings (SSSR count). The van der Waals surface area contributed by atoms with Crippen LogP contribution >= 0.6 is 0 Å². The number of H-pyrrole nitrogens is 1. The van der Waals surface area contributed by atoms with E-state index in [0.29, 0.717) is 11.1 Å². The van der Waals surface area contributed by atoms with Gasteiger partial charge in [-0.2, -0.15) is 0 Å². The smallest absolute Gasteiger partial charge is 0.254 e. The van der Waals surface area contributed by atoms with Crippen molar-refractivity contribution < 1.29 is 14.0 Å². The second kappa shape index (κ2) is 5.44. The maximum atomic E-state index is 13.7. The molecular formula is C17H13FN2O2. The molecule has 1 heterocycles.